The summed E-state index contributed by atoms with van der Waals surface area (Å²) in [5, 5.41) is -17.1. The van der Waals surface area contributed by atoms with Gasteiger partial charge in [0.15, 0.2) is 0 Å². The Morgan fingerprint density at radius 3 is 1.14 bits per heavy atom. The van der Waals surface area contributed by atoms with Crippen molar-refractivity contribution in [3.05, 3.63) is 0 Å². The predicted molar refractivity (Wildman–Crippen MR) is 29.8 cm³/mol. The molecule has 0 saturated carbocycles. The first-order valence-corrected chi connectivity index (χ1v) is 7.77. The third-order valence-corrected chi connectivity index (χ3v) is 8.29. The number of hydrogen-bond acceptors (Lipinski definition) is 0. The Labute approximate surface area is 74.4 Å². The molecule has 0 bridgehead atoms. The molecule has 0 spiro atoms. The molecule has 0 aliphatic heterocycles. The van der Waals surface area contributed by atoms with E-state index < -0.39 is 34.0 Å². The minimum absolute atomic E-state index is 3.05. The van der Waals surface area contributed by atoms with E-state index in [-0.39, 0.29) is 0 Å². The van der Waals surface area contributed by atoms with Gasteiger partial charge < -0.3 is 0 Å². The van der Waals surface area contributed by atoms with Crippen LogP contribution < -0.4 is 0 Å². The van der Waals surface area contributed by atoms with Gasteiger partial charge in [0, 0.05) is 0 Å². The molecular formula is C4H3F9Ge. The average Bonchev–Trinajstić information content (AvgIpc) is 1.80. The van der Waals surface area contributed by atoms with Crippen LogP contribution in [-0.2, 0) is 0 Å². The van der Waals surface area contributed by atoms with Gasteiger partial charge in [0.2, 0.25) is 0 Å². The summed E-state index contributed by atoms with van der Waals surface area (Å²) in [6.07, 6.45) is 0. The van der Waals surface area contributed by atoms with Crippen LogP contribution >= 0.6 is 0 Å². The Morgan fingerprint density at radius 1 is 0.857 bits per heavy atom. The van der Waals surface area contributed by atoms with Crippen molar-refractivity contribution in [2.75, 3.05) is 5.51 Å². The zero-order valence-electron chi connectivity index (χ0n) is 6.19. The molecule has 0 rings (SSSR count). The molecule has 0 aromatic rings. The number of alkyl halides is 9. The molecule has 0 atom stereocenters. The molecule has 0 N–H and O–H groups in total. The SMILES string of the molecule is F[CH2][Ge]([CH](F)F)([C](F)(F)F)[C](F)(F)F. The van der Waals surface area contributed by atoms with E-state index >= 15 is 0 Å². The van der Waals surface area contributed by atoms with Crippen LogP contribution in [0.2, 0.25) is 0 Å². The molecule has 0 heterocycles. The van der Waals surface area contributed by atoms with Crippen LogP contribution in [0.25, 0.3) is 0 Å². The van der Waals surface area contributed by atoms with Gasteiger partial charge in [-0.1, -0.05) is 0 Å². The van der Waals surface area contributed by atoms with E-state index in [0.717, 1.165) is 0 Å². The zero-order valence-corrected chi connectivity index (χ0v) is 8.28. The number of hydrogen-bond donors (Lipinski definition) is 0. The van der Waals surface area contributed by atoms with E-state index in [1.165, 1.54) is 0 Å². The van der Waals surface area contributed by atoms with Crippen molar-refractivity contribution in [2.45, 2.75) is 15.3 Å². The van der Waals surface area contributed by atoms with Gasteiger partial charge >= 0.3 is 73.6 Å². The average molecular weight is 295 g/mol. The van der Waals surface area contributed by atoms with Gasteiger partial charge in [0.05, 0.1) is 0 Å². The maximum absolute atomic E-state index is 11.8. The fraction of sp³-hybridized carbons (Fsp3) is 1.00. The molecule has 0 aliphatic rings. The molecule has 0 unspecified atom stereocenters. The van der Waals surface area contributed by atoms with E-state index in [2.05, 4.69) is 0 Å². The molecule has 0 aromatic heterocycles. The molecule has 86 valence electrons. The van der Waals surface area contributed by atoms with Gasteiger partial charge in [-0.25, -0.2) is 0 Å². The molecule has 0 radical (unpaired) electrons. The standard InChI is InChI=1S/C4H3F9Ge/c5-1-14(2(6)7,3(8,9)10)4(11,12)13/h2H,1H2. The van der Waals surface area contributed by atoms with Crippen LogP contribution in [0.4, 0.5) is 39.5 Å². The summed E-state index contributed by atoms with van der Waals surface area (Å²) < 4.78 is 106. The van der Waals surface area contributed by atoms with E-state index in [1.54, 1.807) is 0 Å². The van der Waals surface area contributed by atoms with Crippen LogP contribution in [0.15, 0.2) is 0 Å². The Morgan fingerprint density at radius 2 is 1.14 bits per heavy atom. The van der Waals surface area contributed by atoms with Gasteiger partial charge in [0.1, 0.15) is 0 Å². The van der Waals surface area contributed by atoms with Crippen molar-refractivity contribution in [1.29, 1.82) is 0 Å². The van der Waals surface area contributed by atoms with Crippen molar-refractivity contribution < 1.29 is 39.5 Å². The minimum atomic E-state index is -7.83. The van der Waals surface area contributed by atoms with Crippen LogP contribution in [0.1, 0.15) is 0 Å². The number of halogens is 9. The third kappa shape index (κ3) is 1.96. The van der Waals surface area contributed by atoms with E-state index in [1.807, 2.05) is 0 Å². The first-order valence-electron chi connectivity index (χ1n) is 2.98. The first-order chi connectivity index (χ1) is 6.00. The van der Waals surface area contributed by atoms with Crippen LogP contribution in [0.5, 0.6) is 0 Å². The van der Waals surface area contributed by atoms with Crippen LogP contribution in [-0.4, -0.2) is 34.0 Å². The third-order valence-electron chi connectivity index (χ3n) is 1.59. The summed E-state index contributed by atoms with van der Waals surface area (Å²) in [5.74, 6) is 0. The molecule has 0 saturated heterocycles. The Hall–Kier alpha value is -0.0871. The quantitative estimate of drug-likeness (QED) is 0.543. The van der Waals surface area contributed by atoms with Crippen LogP contribution in [0, 0.1) is 0 Å². The van der Waals surface area contributed by atoms with Crippen LogP contribution in [0.3, 0.4) is 0 Å². The van der Waals surface area contributed by atoms with E-state index in [4.69, 9.17) is 0 Å². The summed E-state index contributed by atoms with van der Waals surface area (Å²) >= 11 is -7.83. The van der Waals surface area contributed by atoms with Gasteiger partial charge in [-0.15, -0.1) is 0 Å². The summed E-state index contributed by atoms with van der Waals surface area (Å²) in [5.41, 5.74) is -3.05. The molecule has 0 aromatic carbocycles. The molecule has 0 amide bonds. The fourth-order valence-corrected chi connectivity index (χ4v) is 3.21. The second-order valence-corrected chi connectivity index (χ2v) is 10.3. The van der Waals surface area contributed by atoms with Crippen molar-refractivity contribution >= 4 is 13.3 Å². The molecule has 0 aliphatic carbocycles. The first kappa shape index (κ1) is 13.9. The van der Waals surface area contributed by atoms with Crippen molar-refractivity contribution in [1.82, 2.24) is 0 Å². The monoisotopic (exact) mass is 296 g/mol. The Kier molecular flexibility index (Phi) is 3.79. The second kappa shape index (κ2) is 3.82. The molecule has 14 heavy (non-hydrogen) atoms. The van der Waals surface area contributed by atoms with Gasteiger partial charge in [-0.3, -0.25) is 0 Å². The normalized spacial score (nSPS) is 15.0. The summed E-state index contributed by atoms with van der Waals surface area (Å²) in [4.78, 5) is 0. The second-order valence-electron chi connectivity index (χ2n) is 2.40. The zero-order chi connectivity index (χ0) is 11.8. The summed E-state index contributed by atoms with van der Waals surface area (Å²) in [6, 6.07) is 0. The van der Waals surface area contributed by atoms with E-state index in [0.29, 0.717) is 0 Å². The molecule has 0 fully saturated rings. The molecule has 10 heteroatoms. The Balaban J connectivity index is 5.45. The van der Waals surface area contributed by atoms with Crippen molar-refractivity contribution in [3.8, 4) is 0 Å². The molecule has 0 nitrogen and oxygen atoms in total. The van der Waals surface area contributed by atoms with Gasteiger partial charge in [-0.05, 0) is 0 Å². The maximum atomic E-state index is 11.8. The van der Waals surface area contributed by atoms with Gasteiger partial charge in [0.25, 0.3) is 0 Å². The van der Waals surface area contributed by atoms with Gasteiger partial charge in [-0.2, -0.15) is 0 Å². The molecular weight excluding hydrogens is 292 g/mol. The summed E-state index contributed by atoms with van der Waals surface area (Å²) in [7, 11) is 0. The fourth-order valence-electron chi connectivity index (χ4n) is 0.618. The van der Waals surface area contributed by atoms with Crippen molar-refractivity contribution in [3.63, 3.8) is 0 Å². The van der Waals surface area contributed by atoms with Crippen molar-refractivity contribution in [2.24, 2.45) is 0 Å². The summed E-state index contributed by atoms with van der Waals surface area (Å²) in [6.45, 7) is 0. The number of rotatable bonds is 2. The predicted octanol–water partition coefficient (Wildman–Crippen LogP) is 2.95. The Bertz CT molecular complexity index is 176. The van der Waals surface area contributed by atoms with E-state index in [9.17, 15) is 39.5 Å². The topological polar surface area (TPSA) is 0 Å².